The topological polar surface area (TPSA) is 43.6 Å². The number of hydrogen-bond donors (Lipinski definition) is 0. The fourth-order valence-electron chi connectivity index (χ4n) is 0.976. The minimum Gasteiger partial charge on any atom is -0.242 e. The first-order chi connectivity index (χ1) is 5.86. The van der Waals surface area contributed by atoms with E-state index in [1.165, 1.54) is 0 Å². The van der Waals surface area contributed by atoms with Gasteiger partial charge in [0.2, 0.25) is 0 Å². The van der Waals surface area contributed by atoms with Crippen molar-refractivity contribution in [3.05, 3.63) is 36.5 Å². The monoisotopic (exact) mass is 160 g/mol. The quantitative estimate of drug-likeness (QED) is 0.624. The molecule has 60 valence electrons. The van der Waals surface area contributed by atoms with Crippen molar-refractivity contribution < 1.29 is 0 Å². The lowest BCUT2D eigenvalue weighted by atomic mass is 10.5. The molecule has 2 aromatic heterocycles. The van der Waals surface area contributed by atoms with Crippen molar-refractivity contribution in [2.75, 3.05) is 0 Å². The number of aromatic nitrogens is 4. The molecule has 4 heteroatoms. The zero-order valence-corrected chi connectivity index (χ0v) is 6.68. The Morgan fingerprint density at radius 1 is 1.33 bits per heavy atom. The van der Waals surface area contributed by atoms with Gasteiger partial charge in [-0.25, -0.2) is 14.6 Å². The SMILES string of the molecule is Cc1nccc(-n2cccn2)n1. The number of hydrogen-bond acceptors (Lipinski definition) is 3. The third-order valence-corrected chi connectivity index (χ3v) is 1.50. The van der Waals surface area contributed by atoms with Crippen LogP contribution in [0.2, 0.25) is 0 Å². The molecule has 0 N–H and O–H groups in total. The van der Waals surface area contributed by atoms with Crippen LogP contribution in [0.1, 0.15) is 5.82 Å². The second-order valence-corrected chi connectivity index (χ2v) is 2.41. The molecule has 0 aliphatic carbocycles. The Morgan fingerprint density at radius 2 is 2.25 bits per heavy atom. The highest BCUT2D eigenvalue weighted by molar-refractivity contribution is 5.18. The molecule has 0 radical (unpaired) electrons. The van der Waals surface area contributed by atoms with Gasteiger partial charge >= 0.3 is 0 Å². The van der Waals surface area contributed by atoms with Gasteiger partial charge in [-0.3, -0.25) is 0 Å². The molecule has 0 saturated carbocycles. The number of aryl methyl sites for hydroxylation is 1. The summed E-state index contributed by atoms with van der Waals surface area (Å²) in [5.74, 6) is 1.55. The molecule has 0 aliphatic heterocycles. The minimum atomic E-state index is 0.753. The Bertz CT molecular complexity index is 366. The summed E-state index contributed by atoms with van der Waals surface area (Å²) in [7, 11) is 0. The maximum absolute atomic E-state index is 4.20. The lowest BCUT2D eigenvalue weighted by Gasteiger charge is -1.98. The lowest BCUT2D eigenvalue weighted by Crippen LogP contribution is -1.99. The molecule has 0 aromatic carbocycles. The van der Waals surface area contributed by atoms with Crippen LogP contribution in [0.3, 0.4) is 0 Å². The lowest BCUT2D eigenvalue weighted by molar-refractivity contribution is 0.828. The van der Waals surface area contributed by atoms with Gasteiger partial charge in [-0.1, -0.05) is 0 Å². The van der Waals surface area contributed by atoms with Crippen LogP contribution >= 0.6 is 0 Å². The minimum absolute atomic E-state index is 0.753. The molecule has 12 heavy (non-hydrogen) atoms. The van der Waals surface area contributed by atoms with E-state index in [0.29, 0.717) is 0 Å². The van der Waals surface area contributed by atoms with Crippen molar-refractivity contribution in [1.29, 1.82) is 0 Å². The predicted octanol–water partition coefficient (Wildman–Crippen LogP) is 0.971. The third-order valence-electron chi connectivity index (χ3n) is 1.50. The molecule has 0 bridgehead atoms. The Labute approximate surface area is 69.9 Å². The van der Waals surface area contributed by atoms with Crippen LogP contribution in [-0.4, -0.2) is 19.7 Å². The van der Waals surface area contributed by atoms with E-state index in [-0.39, 0.29) is 0 Å². The molecular formula is C8H8N4. The summed E-state index contributed by atoms with van der Waals surface area (Å²) < 4.78 is 1.70. The zero-order chi connectivity index (χ0) is 8.39. The van der Waals surface area contributed by atoms with Crippen molar-refractivity contribution >= 4 is 0 Å². The summed E-state index contributed by atoms with van der Waals surface area (Å²) in [4.78, 5) is 8.20. The molecule has 0 aliphatic rings. The molecule has 0 spiro atoms. The van der Waals surface area contributed by atoms with E-state index in [4.69, 9.17) is 0 Å². The normalized spacial score (nSPS) is 10.1. The van der Waals surface area contributed by atoms with Crippen LogP contribution in [0.5, 0.6) is 0 Å². The van der Waals surface area contributed by atoms with Gasteiger partial charge in [0.15, 0.2) is 5.82 Å². The van der Waals surface area contributed by atoms with Gasteiger partial charge in [0.25, 0.3) is 0 Å². The zero-order valence-electron chi connectivity index (χ0n) is 6.68. The first-order valence-electron chi connectivity index (χ1n) is 3.66. The van der Waals surface area contributed by atoms with Crippen LogP contribution < -0.4 is 0 Å². The van der Waals surface area contributed by atoms with E-state index in [0.717, 1.165) is 11.6 Å². The van der Waals surface area contributed by atoms with Crippen molar-refractivity contribution in [3.63, 3.8) is 0 Å². The van der Waals surface area contributed by atoms with Gasteiger partial charge < -0.3 is 0 Å². The smallest absolute Gasteiger partial charge is 0.156 e. The molecule has 2 heterocycles. The van der Waals surface area contributed by atoms with Crippen molar-refractivity contribution in [1.82, 2.24) is 19.7 Å². The van der Waals surface area contributed by atoms with Crippen LogP contribution in [0.4, 0.5) is 0 Å². The molecule has 0 atom stereocenters. The van der Waals surface area contributed by atoms with E-state index in [9.17, 15) is 0 Å². The summed E-state index contributed by atoms with van der Waals surface area (Å²) in [5.41, 5.74) is 0. The fourth-order valence-corrected chi connectivity index (χ4v) is 0.976. The standard InChI is InChI=1S/C8H8N4/c1-7-9-5-3-8(11-7)12-6-2-4-10-12/h2-6H,1H3. The molecule has 0 unspecified atom stereocenters. The molecule has 2 rings (SSSR count). The summed E-state index contributed by atoms with van der Waals surface area (Å²) in [6.07, 6.45) is 5.29. The average molecular weight is 160 g/mol. The van der Waals surface area contributed by atoms with E-state index in [1.807, 2.05) is 25.3 Å². The Kier molecular flexibility index (Phi) is 1.59. The summed E-state index contributed by atoms with van der Waals surface area (Å²) in [6.45, 7) is 1.85. The number of nitrogens with zero attached hydrogens (tertiary/aromatic N) is 4. The molecule has 4 nitrogen and oxygen atoms in total. The van der Waals surface area contributed by atoms with E-state index in [1.54, 1.807) is 17.1 Å². The third kappa shape index (κ3) is 1.18. The highest BCUT2D eigenvalue weighted by Gasteiger charge is 1.96. The summed E-state index contributed by atoms with van der Waals surface area (Å²) in [6, 6.07) is 3.68. The highest BCUT2D eigenvalue weighted by atomic mass is 15.3. The summed E-state index contributed by atoms with van der Waals surface area (Å²) in [5, 5.41) is 4.05. The van der Waals surface area contributed by atoms with E-state index in [2.05, 4.69) is 15.1 Å². The maximum Gasteiger partial charge on any atom is 0.156 e. The van der Waals surface area contributed by atoms with Crippen LogP contribution in [0.25, 0.3) is 5.82 Å². The van der Waals surface area contributed by atoms with Crippen molar-refractivity contribution in [2.24, 2.45) is 0 Å². The number of rotatable bonds is 1. The highest BCUT2D eigenvalue weighted by Crippen LogP contribution is 2.00. The Hall–Kier alpha value is -1.71. The van der Waals surface area contributed by atoms with Crippen molar-refractivity contribution in [3.8, 4) is 5.82 Å². The van der Waals surface area contributed by atoms with Crippen LogP contribution in [0.15, 0.2) is 30.7 Å². The molecule has 0 fully saturated rings. The van der Waals surface area contributed by atoms with E-state index < -0.39 is 0 Å². The van der Waals surface area contributed by atoms with Gasteiger partial charge in [0.05, 0.1) is 0 Å². The van der Waals surface area contributed by atoms with Gasteiger partial charge in [0, 0.05) is 24.7 Å². The maximum atomic E-state index is 4.20. The van der Waals surface area contributed by atoms with Gasteiger partial charge in [-0.2, -0.15) is 5.10 Å². The fraction of sp³-hybridized carbons (Fsp3) is 0.125. The van der Waals surface area contributed by atoms with Gasteiger partial charge in [0.1, 0.15) is 5.82 Å². The average Bonchev–Trinajstić information content (AvgIpc) is 2.56. The summed E-state index contributed by atoms with van der Waals surface area (Å²) >= 11 is 0. The Balaban J connectivity index is 2.48. The van der Waals surface area contributed by atoms with Crippen molar-refractivity contribution in [2.45, 2.75) is 6.92 Å². The van der Waals surface area contributed by atoms with Gasteiger partial charge in [-0.15, -0.1) is 0 Å². The molecule has 0 amide bonds. The van der Waals surface area contributed by atoms with Crippen LogP contribution in [-0.2, 0) is 0 Å². The van der Waals surface area contributed by atoms with Crippen LogP contribution in [0, 0.1) is 6.92 Å². The predicted molar refractivity (Wildman–Crippen MR) is 43.9 cm³/mol. The van der Waals surface area contributed by atoms with E-state index >= 15 is 0 Å². The molecule has 0 saturated heterocycles. The van der Waals surface area contributed by atoms with Gasteiger partial charge in [-0.05, 0) is 13.0 Å². The molecular weight excluding hydrogens is 152 g/mol. The first kappa shape index (κ1) is 6.97. The second-order valence-electron chi connectivity index (χ2n) is 2.41. The largest absolute Gasteiger partial charge is 0.242 e. The Morgan fingerprint density at radius 3 is 2.92 bits per heavy atom. The molecule has 2 aromatic rings. The first-order valence-corrected chi connectivity index (χ1v) is 3.66. The second kappa shape index (κ2) is 2.73.